The van der Waals surface area contributed by atoms with Crippen molar-refractivity contribution >= 4 is 25.9 Å². The summed E-state index contributed by atoms with van der Waals surface area (Å²) in [6.07, 6.45) is 0.412. The largest absolute Gasteiger partial charge is 0.519 e. The Morgan fingerprint density at radius 2 is 1.40 bits per heavy atom. The van der Waals surface area contributed by atoms with Gasteiger partial charge in [-0.05, 0) is 40.7 Å². The lowest BCUT2D eigenvalue weighted by Crippen LogP contribution is -2.41. The Kier molecular flexibility index (Phi) is 9.31. The highest BCUT2D eigenvalue weighted by Crippen LogP contribution is 2.39. The molecule has 1 atom stereocenters. The quantitative estimate of drug-likeness (QED) is 0.196. The van der Waals surface area contributed by atoms with Crippen molar-refractivity contribution in [3.05, 3.63) is 100 Å². The fourth-order valence-corrected chi connectivity index (χ4v) is 6.75. The van der Waals surface area contributed by atoms with E-state index in [2.05, 4.69) is 9.44 Å². The number of fused-ring (bicyclic) bond motifs is 1. The summed E-state index contributed by atoms with van der Waals surface area (Å²) >= 11 is 0. The third-order valence-electron chi connectivity index (χ3n) is 6.97. The predicted octanol–water partition coefficient (Wildman–Crippen LogP) is 5.63. The van der Waals surface area contributed by atoms with Gasteiger partial charge in [-0.25, -0.2) is 0 Å². The topological polar surface area (TPSA) is 118 Å². The van der Waals surface area contributed by atoms with Crippen LogP contribution in [0.2, 0.25) is 0 Å². The maximum atomic E-state index is 15.4. The smallest absolute Gasteiger partial charge is 0.380 e. The van der Waals surface area contributed by atoms with E-state index in [-0.39, 0.29) is 30.1 Å². The molecule has 0 saturated carbocycles. The third-order valence-corrected chi connectivity index (χ3v) is 10.0. The molecule has 0 fully saturated rings. The van der Waals surface area contributed by atoms with Crippen molar-refractivity contribution in [1.29, 1.82) is 0 Å². The van der Waals surface area contributed by atoms with Crippen molar-refractivity contribution in [1.82, 2.24) is 0 Å². The average molecular weight is 638 g/mol. The average Bonchev–Trinajstić information content (AvgIpc) is 3.32. The van der Waals surface area contributed by atoms with Crippen LogP contribution >= 0.6 is 0 Å². The molecule has 0 saturated heterocycles. The number of methoxy groups -OCH3 is 2. The van der Waals surface area contributed by atoms with Crippen LogP contribution in [0.5, 0.6) is 5.75 Å². The standard InChI is InChI=1S/C30H33F2NO8S2/c1-29(2,3)24-15-22(18-38-4)28(23(16-24)19-39-5)40-42(34,35)30(31,32)43(36,37)41-33-27-25-14-10-9-13-21(25)17-26(27)20-11-7-6-8-12-20/h6-16,26H,17-19H2,1-5H3/b33-27+. The zero-order valence-electron chi connectivity index (χ0n) is 24.3. The van der Waals surface area contributed by atoms with Crippen molar-refractivity contribution in [3.63, 3.8) is 0 Å². The molecule has 232 valence electrons. The highest BCUT2D eigenvalue weighted by atomic mass is 32.3. The van der Waals surface area contributed by atoms with E-state index < -0.39 is 41.9 Å². The van der Waals surface area contributed by atoms with Crippen LogP contribution in [0.15, 0.2) is 71.9 Å². The minimum atomic E-state index is -6.21. The second-order valence-corrected chi connectivity index (χ2v) is 14.5. The summed E-state index contributed by atoms with van der Waals surface area (Å²) in [5.74, 6) is -1.03. The number of rotatable bonds is 11. The van der Waals surface area contributed by atoms with E-state index in [1.807, 2.05) is 20.8 Å². The number of hydrogen-bond acceptors (Lipinski definition) is 9. The van der Waals surface area contributed by atoms with Crippen LogP contribution in [0.4, 0.5) is 8.78 Å². The van der Waals surface area contributed by atoms with Crippen LogP contribution in [-0.4, -0.2) is 41.4 Å². The molecule has 0 amide bonds. The minimum absolute atomic E-state index is 0.0713. The molecule has 0 radical (unpaired) electrons. The Bertz CT molecular complexity index is 1690. The first-order chi connectivity index (χ1) is 20.1. The normalized spacial score (nSPS) is 16.7. The number of benzene rings is 3. The van der Waals surface area contributed by atoms with Gasteiger partial charge in [0.05, 0.1) is 18.9 Å². The zero-order chi connectivity index (χ0) is 31.6. The van der Waals surface area contributed by atoms with Crippen molar-refractivity contribution < 1.29 is 43.6 Å². The van der Waals surface area contributed by atoms with Crippen LogP contribution in [0.3, 0.4) is 0 Å². The van der Waals surface area contributed by atoms with E-state index in [0.29, 0.717) is 12.0 Å². The Morgan fingerprint density at radius 1 is 0.837 bits per heavy atom. The van der Waals surface area contributed by atoms with Gasteiger partial charge < -0.3 is 13.7 Å². The first kappa shape index (κ1) is 32.5. The molecule has 4 rings (SSSR count). The molecule has 3 aromatic rings. The molecule has 0 bridgehead atoms. The fourth-order valence-electron chi connectivity index (χ4n) is 4.76. The van der Waals surface area contributed by atoms with E-state index in [1.165, 1.54) is 14.2 Å². The van der Waals surface area contributed by atoms with Gasteiger partial charge in [0.25, 0.3) is 0 Å². The predicted molar refractivity (Wildman–Crippen MR) is 157 cm³/mol. The summed E-state index contributed by atoms with van der Waals surface area (Å²) in [7, 11) is -9.76. The summed E-state index contributed by atoms with van der Waals surface area (Å²) in [6.45, 7) is 5.27. The van der Waals surface area contributed by atoms with Crippen molar-refractivity contribution in [3.8, 4) is 5.75 Å². The molecular formula is C30H33F2NO8S2. The lowest BCUT2D eigenvalue weighted by atomic mass is 9.85. The molecular weight excluding hydrogens is 604 g/mol. The second-order valence-electron chi connectivity index (χ2n) is 11.1. The number of ether oxygens (including phenoxy) is 2. The number of oxime groups is 1. The van der Waals surface area contributed by atoms with Crippen molar-refractivity contribution in [2.45, 2.75) is 56.3 Å². The van der Waals surface area contributed by atoms with Gasteiger partial charge >= 0.3 is 24.8 Å². The maximum Gasteiger partial charge on any atom is 0.519 e. The van der Waals surface area contributed by atoms with Gasteiger partial charge in [0.1, 0.15) is 0 Å². The zero-order valence-corrected chi connectivity index (χ0v) is 26.0. The molecule has 0 heterocycles. The second kappa shape index (κ2) is 12.3. The Labute approximate surface area is 250 Å². The molecule has 1 aliphatic rings. The van der Waals surface area contributed by atoms with Crippen LogP contribution in [0.1, 0.15) is 60.1 Å². The van der Waals surface area contributed by atoms with E-state index in [1.54, 1.807) is 66.7 Å². The van der Waals surface area contributed by atoms with Gasteiger partial charge in [0, 0.05) is 36.8 Å². The van der Waals surface area contributed by atoms with Gasteiger partial charge in [0.2, 0.25) is 0 Å². The van der Waals surface area contributed by atoms with Crippen LogP contribution in [0, 0.1) is 0 Å². The van der Waals surface area contributed by atoms with Crippen molar-refractivity contribution in [2.75, 3.05) is 14.2 Å². The third kappa shape index (κ3) is 6.59. The lowest BCUT2D eigenvalue weighted by molar-refractivity contribution is 0.142. The van der Waals surface area contributed by atoms with Gasteiger partial charge in [0.15, 0.2) is 5.75 Å². The maximum absolute atomic E-state index is 15.4. The van der Waals surface area contributed by atoms with Crippen molar-refractivity contribution in [2.24, 2.45) is 5.16 Å². The van der Waals surface area contributed by atoms with Crippen LogP contribution in [-0.2, 0) is 59.0 Å². The Morgan fingerprint density at radius 3 is 1.95 bits per heavy atom. The highest BCUT2D eigenvalue weighted by Gasteiger charge is 2.63. The monoisotopic (exact) mass is 637 g/mol. The van der Waals surface area contributed by atoms with E-state index in [4.69, 9.17) is 13.7 Å². The number of nitrogens with zero attached hydrogens (tertiary/aromatic N) is 1. The molecule has 0 aliphatic heterocycles. The van der Waals surface area contributed by atoms with E-state index in [0.717, 1.165) is 16.7 Å². The molecule has 1 aliphatic carbocycles. The molecule has 0 spiro atoms. The van der Waals surface area contributed by atoms with E-state index >= 15 is 8.78 Å². The molecule has 3 aromatic carbocycles. The molecule has 0 aromatic heterocycles. The first-order valence-corrected chi connectivity index (χ1v) is 16.0. The molecule has 13 heteroatoms. The number of halogens is 2. The van der Waals surface area contributed by atoms with Gasteiger partial charge in [-0.2, -0.15) is 25.6 Å². The molecule has 43 heavy (non-hydrogen) atoms. The molecule has 0 N–H and O–H groups in total. The minimum Gasteiger partial charge on any atom is -0.380 e. The van der Waals surface area contributed by atoms with Gasteiger partial charge in [-0.15, -0.1) is 0 Å². The fraction of sp³-hybridized carbons (Fsp3) is 0.367. The number of alkyl halides is 2. The summed E-state index contributed by atoms with van der Waals surface area (Å²) in [6, 6.07) is 18.9. The Hall–Kier alpha value is -3.39. The van der Waals surface area contributed by atoms with Gasteiger partial charge in [-0.3, -0.25) is 4.28 Å². The highest BCUT2D eigenvalue weighted by molar-refractivity contribution is 8.05. The van der Waals surface area contributed by atoms with Crippen LogP contribution in [0.25, 0.3) is 0 Å². The summed E-state index contributed by atoms with van der Waals surface area (Å²) < 4.78 is 96.4. The Balaban J connectivity index is 1.71. The summed E-state index contributed by atoms with van der Waals surface area (Å²) in [5, 5.41) is 3.60. The summed E-state index contributed by atoms with van der Waals surface area (Å²) in [4.78, 5) is 0. The first-order valence-electron chi connectivity index (χ1n) is 13.2. The molecule has 1 unspecified atom stereocenters. The van der Waals surface area contributed by atoms with Gasteiger partial charge in [-0.1, -0.05) is 80.5 Å². The molecule has 9 nitrogen and oxygen atoms in total. The number of hydrogen-bond donors (Lipinski definition) is 0. The SMILES string of the molecule is COCc1cc(C(C)(C)C)cc(COC)c1OS(=O)(=O)C(F)(F)S(=O)(=O)O/N=C1\c2ccccc2CC1c1ccccc1. The van der Waals surface area contributed by atoms with E-state index in [9.17, 15) is 16.8 Å². The van der Waals surface area contributed by atoms with Crippen LogP contribution < -0.4 is 4.18 Å². The summed E-state index contributed by atoms with van der Waals surface area (Å²) in [5.41, 5.74) is 2.63. The lowest BCUT2D eigenvalue weighted by Gasteiger charge is -2.24.